The Hall–Kier alpha value is -0.530. The molecule has 0 fully saturated rings. The van der Waals surface area contributed by atoms with Crippen molar-refractivity contribution in [2.45, 2.75) is 13.3 Å². The average molecular weight is 185 g/mol. The average Bonchev–Trinajstić information content (AvgIpc) is 2.04. The Morgan fingerprint density at radius 2 is 2.25 bits per heavy atom. The summed E-state index contributed by atoms with van der Waals surface area (Å²) in [5.41, 5.74) is 1.18. The first-order chi connectivity index (χ1) is 5.72. The molecule has 1 N–H and O–H groups in total. The summed E-state index contributed by atoms with van der Waals surface area (Å²) >= 11 is 5.81. The van der Waals surface area contributed by atoms with Gasteiger partial charge in [-0.05, 0) is 30.0 Å². The molecule has 0 radical (unpaired) electrons. The van der Waals surface area contributed by atoms with Crippen LogP contribution >= 0.6 is 11.6 Å². The topological polar surface area (TPSA) is 20.2 Å². The van der Waals surface area contributed by atoms with Crippen LogP contribution in [0.25, 0.3) is 0 Å². The summed E-state index contributed by atoms with van der Waals surface area (Å²) in [6, 6.07) is 7.75. The molecule has 0 saturated carbocycles. The van der Waals surface area contributed by atoms with Crippen LogP contribution in [0, 0.1) is 5.92 Å². The smallest absolute Gasteiger partial charge is 0.0459 e. The maximum Gasteiger partial charge on any atom is 0.0459 e. The van der Waals surface area contributed by atoms with Gasteiger partial charge in [0.05, 0.1) is 0 Å². The van der Waals surface area contributed by atoms with Crippen molar-refractivity contribution in [3.63, 3.8) is 0 Å². The Kier molecular flexibility index (Phi) is 3.57. The minimum Gasteiger partial charge on any atom is -0.396 e. The van der Waals surface area contributed by atoms with Gasteiger partial charge in [-0.1, -0.05) is 30.7 Å². The Morgan fingerprint density at radius 3 is 2.83 bits per heavy atom. The van der Waals surface area contributed by atoms with Gasteiger partial charge in [0.15, 0.2) is 0 Å². The minimum absolute atomic E-state index is 0.229. The summed E-state index contributed by atoms with van der Waals surface area (Å²) in [6.07, 6.45) is 0.886. The molecule has 0 spiro atoms. The lowest BCUT2D eigenvalue weighted by Gasteiger charge is -2.07. The van der Waals surface area contributed by atoms with Gasteiger partial charge in [-0.25, -0.2) is 0 Å². The maximum absolute atomic E-state index is 8.83. The summed E-state index contributed by atoms with van der Waals surface area (Å²) in [5.74, 6) is 0.309. The molecular weight excluding hydrogens is 172 g/mol. The second kappa shape index (κ2) is 4.48. The van der Waals surface area contributed by atoms with Crippen LogP contribution in [-0.2, 0) is 6.42 Å². The molecule has 12 heavy (non-hydrogen) atoms. The molecule has 0 amide bonds. The van der Waals surface area contributed by atoms with Gasteiger partial charge >= 0.3 is 0 Å². The van der Waals surface area contributed by atoms with Crippen molar-refractivity contribution in [1.82, 2.24) is 0 Å². The van der Waals surface area contributed by atoms with E-state index in [4.69, 9.17) is 16.7 Å². The van der Waals surface area contributed by atoms with E-state index in [9.17, 15) is 0 Å². The zero-order chi connectivity index (χ0) is 8.97. The van der Waals surface area contributed by atoms with Crippen LogP contribution in [0.1, 0.15) is 12.5 Å². The van der Waals surface area contributed by atoms with Gasteiger partial charge in [-0.3, -0.25) is 0 Å². The molecule has 0 aliphatic rings. The van der Waals surface area contributed by atoms with Gasteiger partial charge in [-0.2, -0.15) is 0 Å². The SMILES string of the molecule is CC(CO)Cc1cccc(Cl)c1. The molecule has 66 valence electrons. The van der Waals surface area contributed by atoms with Gasteiger partial charge in [0.1, 0.15) is 0 Å². The first kappa shape index (κ1) is 9.56. The van der Waals surface area contributed by atoms with Crippen LogP contribution in [0.3, 0.4) is 0 Å². The van der Waals surface area contributed by atoms with Crippen molar-refractivity contribution in [3.05, 3.63) is 34.9 Å². The van der Waals surface area contributed by atoms with E-state index in [1.165, 1.54) is 5.56 Å². The molecule has 1 nitrogen and oxygen atoms in total. The zero-order valence-electron chi connectivity index (χ0n) is 7.13. The molecule has 0 aromatic heterocycles. The van der Waals surface area contributed by atoms with Crippen molar-refractivity contribution in [2.75, 3.05) is 6.61 Å². The highest BCUT2D eigenvalue weighted by Gasteiger charge is 2.01. The van der Waals surface area contributed by atoms with Gasteiger partial charge in [-0.15, -0.1) is 0 Å². The standard InChI is InChI=1S/C10H13ClO/c1-8(7-12)5-9-3-2-4-10(11)6-9/h2-4,6,8,12H,5,7H2,1H3. The molecule has 1 rings (SSSR count). The largest absolute Gasteiger partial charge is 0.396 e. The second-order valence-corrected chi connectivity index (χ2v) is 3.56. The Bertz CT molecular complexity index is 247. The van der Waals surface area contributed by atoms with Crippen LogP contribution in [0.15, 0.2) is 24.3 Å². The lowest BCUT2D eigenvalue weighted by molar-refractivity contribution is 0.237. The number of aliphatic hydroxyl groups excluding tert-OH is 1. The molecule has 1 aromatic carbocycles. The van der Waals surface area contributed by atoms with Gasteiger partial charge in [0.25, 0.3) is 0 Å². The number of halogens is 1. The lowest BCUT2D eigenvalue weighted by Crippen LogP contribution is -2.04. The molecule has 1 aromatic rings. The molecule has 0 heterocycles. The van der Waals surface area contributed by atoms with Crippen molar-refractivity contribution >= 4 is 11.6 Å². The first-order valence-electron chi connectivity index (χ1n) is 4.07. The van der Waals surface area contributed by atoms with E-state index in [1.807, 2.05) is 31.2 Å². The highest BCUT2D eigenvalue weighted by atomic mass is 35.5. The van der Waals surface area contributed by atoms with Gasteiger partial charge in [0.2, 0.25) is 0 Å². The van der Waals surface area contributed by atoms with E-state index in [1.54, 1.807) is 0 Å². The van der Waals surface area contributed by atoms with E-state index in [0.717, 1.165) is 11.4 Å². The Balaban J connectivity index is 2.63. The van der Waals surface area contributed by atoms with Gasteiger partial charge in [0, 0.05) is 11.6 Å². The van der Waals surface area contributed by atoms with E-state index in [0.29, 0.717) is 5.92 Å². The first-order valence-corrected chi connectivity index (χ1v) is 4.45. The fraction of sp³-hybridized carbons (Fsp3) is 0.400. The van der Waals surface area contributed by atoms with Gasteiger partial charge < -0.3 is 5.11 Å². The highest BCUT2D eigenvalue weighted by Crippen LogP contribution is 2.13. The van der Waals surface area contributed by atoms with Crippen LogP contribution in [0.5, 0.6) is 0 Å². The van der Waals surface area contributed by atoms with Crippen molar-refractivity contribution in [1.29, 1.82) is 0 Å². The molecular formula is C10H13ClO. The second-order valence-electron chi connectivity index (χ2n) is 3.12. The van der Waals surface area contributed by atoms with Crippen LogP contribution in [-0.4, -0.2) is 11.7 Å². The third-order valence-corrected chi connectivity index (χ3v) is 2.02. The summed E-state index contributed by atoms with van der Waals surface area (Å²) in [4.78, 5) is 0. The predicted octanol–water partition coefficient (Wildman–Crippen LogP) is 2.51. The number of hydrogen-bond donors (Lipinski definition) is 1. The Labute approximate surface area is 78.0 Å². The minimum atomic E-state index is 0.229. The number of aliphatic hydroxyl groups is 1. The quantitative estimate of drug-likeness (QED) is 0.766. The fourth-order valence-electron chi connectivity index (χ4n) is 1.13. The highest BCUT2D eigenvalue weighted by molar-refractivity contribution is 6.30. The third-order valence-electron chi connectivity index (χ3n) is 1.78. The van der Waals surface area contributed by atoms with E-state index in [-0.39, 0.29) is 6.61 Å². The molecule has 0 aliphatic carbocycles. The molecule has 1 unspecified atom stereocenters. The molecule has 0 bridgehead atoms. The number of rotatable bonds is 3. The number of benzene rings is 1. The monoisotopic (exact) mass is 184 g/mol. The normalized spacial score (nSPS) is 12.9. The molecule has 2 heteroatoms. The maximum atomic E-state index is 8.83. The summed E-state index contributed by atoms with van der Waals surface area (Å²) < 4.78 is 0. The van der Waals surface area contributed by atoms with E-state index < -0.39 is 0 Å². The summed E-state index contributed by atoms with van der Waals surface area (Å²) in [7, 11) is 0. The zero-order valence-corrected chi connectivity index (χ0v) is 7.88. The molecule has 0 saturated heterocycles. The predicted molar refractivity (Wildman–Crippen MR) is 51.4 cm³/mol. The van der Waals surface area contributed by atoms with E-state index >= 15 is 0 Å². The van der Waals surface area contributed by atoms with Crippen molar-refractivity contribution in [2.24, 2.45) is 5.92 Å². The van der Waals surface area contributed by atoms with Crippen molar-refractivity contribution in [3.8, 4) is 0 Å². The fourth-order valence-corrected chi connectivity index (χ4v) is 1.34. The van der Waals surface area contributed by atoms with Crippen LogP contribution in [0.4, 0.5) is 0 Å². The Morgan fingerprint density at radius 1 is 1.50 bits per heavy atom. The lowest BCUT2D eigenvalue weighted by atomic mass is 10.0. The van der Waals surface area contributed by atoms with E-state index in [2.05, 4.69) is 0 Å². The summed E-state index contributed by atoms with van der Waals surface area (Å²) in [5, 5.41) is 9.59. The number of hydrogen-bond acceptors (Lipinski definition) is 1. The molecule has 1 atom stereocenters. The van der Waals surface area contributed by atoms with Crippen LogP contribution in [0.2, 0.25) is 5.02 Å². The molecule has 0 aliphatic heterocycles. The van der Waals surface area contributed by atoms with Crippen LogP contribution < -0.4 is 0 Å². The summed E-state index contributed by atoms with van der Waals surface area (Å²) in [6.45, 7) is 2.24. The third kappa shape index (κ3) is 2.84. The van der Waals surface area contributed by atoms with Crippen molar-refractivity contribution < 1.29 is 5.11 Å².